The maximum Gasteiger partial charge on any atom is 0.296 e. The topological polar surface area (TPSA) is 98.1 Å². The van der Waals surface area contributed by atoms with Gasteiger partial charge >= 0.3 is 0 Å². The molecule has 3 saturated heterocycles. The van der Waals surface area contributed by atoms with Crippen LogP contribution in [-0.2, 0) is 14.3 Å². The summed E-state index contributed by atoms with van der Waals surface area (Å²) in [6.45, 7) is 7.24. The van der Waals surface area contributed by atoms with Crippen LogP contribution >= 0.6 is 0 Å². The molecule has 1 aromatic carbocycles. The SMILES string of the molecule is O=C([C@H]1CC[C@H](Oc2cc(-n3c(C(F)F)nc4ccccc43)nc(N3CCOCC3)n2)CC1)N1CCOC(CN2CCCC2)C1. The second kappa shape index (κ2) is 13.5. The molecule has 4 aliphatic rings. The summed E-state index contributed by atoms with van der Waals surface area (Å²) in [6, 6.07) is 8.66. The minimum Gasteiger partial charge on any atom is -0.474 e. The Morgan fingerprint density at radius 3 is 2.51 bits per heavy atom. The van der Waals surface area contributed by atoms with Gasteiger partial charge in [-0.3, -0.25) is 9.36 Å². The van der Waals surface area contributed by atoms with E-state index in [2.05, 4.69) is 9.88 Å². The largest absolute Gasteiger partial charge is 0.474 e. The number of rotatable bonds is 8. The van der Waals surface area contributed by atoms with Crippen LogP contribution in [-0.4, -0.2) is 113 Å². The number of anilines is 1. The van der Waals surface area contributed by atoms with Gasteiger partial charge in [0.05, 0.1) is 37.0 Å². The fraction of sp³-hybridized carbons (Fsp3) is 0.625. The zero-order chi connectivity index (χ0) is 30.8. The minimum absolute atomic E-state index is 0.0360. The number of carbonyl (C=O) groups excluding carboxylic acids is 1. The number of para-hydroxylation sites is 2. The molecule has 4 fully saturated rings. The molecule has 0 N–H and O–H groups in total. The third-order valence-electron chi connectivity index (χ3n) is 9.40. The highest BCUT2D eigenvalue weighted by molar-refractivity contribution is 5.79. The van der Waals surface area contributed by atoms with E-state index in [1.807, 2.05) is 9.80 Å². The molecule has 3 aliphatic heterocycles. The summed E-state index contributed by atoms with van der Waals surface area (Å²) in [5.74, 6) is 0.819. The van der Waals surface area contributed by atoms with E-state index in [0.717, 1.165) is 32.5 Å². The number of fused-ring (bicyclic) bond motifs is 1. The molecule has 242 valence electrons. The van der Waals surface area contributed by atoms with Crippen LogP contribution in [0.25, 0.3) is 16.9 Å². The highest BCUT2D eigenvalue weighted by Crippen LogP contribution is 2.32. The molecule has 1 unspecified atom stereocenters. The second-order valence-electron chi connectivity index (χ2n) is 12.4. The van der Waals surface area contributed by atoms with Crippen molar-refractivity contribution in [1.82, 2.24) is 29.3 Å². The lowest BCUT2D eigenvalue weighted by molar-refractivity contribution is -0.145. The van der Waals surface area contributed by atoms with Gasteiger partial charge in [-0.05, 0) is 63.7 Å². The third kappa shape index (κ3) is 6.75. The van der Waals surface area contributed by atoms with Gasteiger partial charge in [-0.1, -0.05) is 12.1 Å². The lowest BCUT2D eigenvalue weighted by Crippen LogP contribution is -2.51. The first-order valence-corrected chi connectivity index (χ1v) is 16.3. The molecule has 3 aromatic rings. The molecule has 1 saturated carbocycles. The number of alkyl halides is 2. The Balaban J connectivity index is 1.05. The second-order valence-corrected chi connectivity index (χ2v) is 12.4. The Morgan fingerprint density at radius 2 is 1.73 bits per heavy atom. The first-order chi connectivity index (χ1) is 22.0. The average Bonchev–Trinajstić information content (AvgIpc) is 3.73. The van der Waals surface area contributed by atoms with Crippen molar-refractivity contribution in [1.29, 1.82) is 0 Å². The van der Waals surface area contributed by atoms with Gasteiger partial charge in [0.1, 0.15) is 11.9 Å². The smallest absolute Gasteiger partial charge is 0.296 e. The van der Waals surface area contributed by atoms with Crippen LogP contribution in [0.1, 0.15) is 50.8 Å². The number of benzene rings is 1. The first-order valence-electron chi connectivity index (χ1n) is 16.3. The number of aromatic nitrogens is 4. The molecular weight excluding hydrogens is 584 g/mol. The summed E-state index contributed by atoms with van der Waals surface area (Å²) in [7, 11) is 0. The normalized spacial score (nSPS) is 24.9. The maximum absolute atomic E-state index is 14.2. The van der Waals surface area contributed by atoms with Crippen molar-refractivity contribution in [3.63, 3.8) is 0 Å². The van der Waals surface area contributed by atoms with E-state index in [9.17, 15) is 13.6 Å². The van der Waals surface area contributed by atoms with Crippen molar-refractivity contribution < 1.29 is 27.8 Å². The number of amides is 1. The molecular formula is C32H41F2N7O4. The predicted molar refractivity (Wildman–Crippen MR) is 163 cm³/mol. The number of nitrogens with zero attached hydrogens (tertiary/aromatic N) is 7. The van der Waals surface area contributed by atoms with Crippen molar-refractivity contribution in [2.24, 2.45) is 5.92 Å². The number of ether oxygens (including phenoxy) is 3. The standard InChI is InChI=1S/C32H41F2N7O4/c33-29(34)30-35-25-5-1-2-6-26(25)41(30)27-19-28(37-32(36-27)39-13-16-43-17-14-39)45-23-9-7-22(8-10-23)31(42)40-15-18-44-24(21-40)20-38-11-3-4-12-38/h1-2,5-6,19,22-24,29H,3-4,7-18,20-21H2/t22-,23-,24?. The first kappa shape index (κ1) is 30.2. The Bertz CT molecular complexity index is 1470. The molecule has 11 nitrogen and oxygen atoms in total. The van der Waals surface area contributed by atoms with Gasteiger partial charge in [0, 0.05) is 44.7 Å². The number of hydrogen-bond acceptors (Lipinski definition) is 9. The molecule has 13 heteroatoms. The molecule has 45 heavy (non-hydrogen) atoms. The van der Waals surface area contributed by atoms with Gasteiger partial charge in [-0.25, -0.2) is 13.8 Å². The summed E-state index contributed by atoms with van der Waals surface area (Å²) in [5.41, 5.74) is 1.00. The Hall–Kier alpha value is -3.42. The molecule has 7 rings (SSSR count). The van der Waals surface area contributed by atoms with E-state index in [0.29, 0.717) is 81.7 Å². The van der Waals surface area contributed by atoms with E-state index in [-0.39, 0.29) is 35.7 Å². The van der Waals surface area contributed by atoms with Gasteiger partial charge in [-0.2, -0.15) is 9.97 Å². The van der Waals surface area contributed by atoms with Crippen molar-refractivity contribution in [2.45, 2.75) is 57.2 Å². The van der Waals surface area contributed by atoms with Crippen molar-refractivity contribution in [2.75, 3.05) is 70.5 Å². The summed E-state index contributed by atoms with van der Waals surface area (Å²) < 4.78 is 47.7. The monoisotopic (exact) mass is 625 g/mol. The summed E-state index contributed by atoms with van der Waals surface area (Å²) in [4.78, 5) is 33.6. The van der Waals surface area contributed by atoms with Crippen LogP contribution in [0.3, 0.4) is 0 Å². The van der Waals surface area contributed by atoms with E-state index >= 15 is 0 Å². The van der Waals surface area contributed by atoms with E-state index in [1.54, 1.807) is 30.3 Å². The third-order valence-corrected chi connectivity index (χ3v) is 9.40. The zero-order valence-corrected chi connectivity index (χ0v) is 25.5. The van der Waals surface area contributed by atoms with Crippen LogP contribution in [0, 0.1) is 5.92 Å². The van der Waals surface area contributed by atoms with E-state index in [4.69, 9.17) is 24.2 Å². The highest BCUT2D eigenvalue weighted by Gasteiger charge is 2.34. The molecule has 1 aliphatic carbocycles. The molecule has 0 radical (unpaired) electrons. The summed E-state index contributed by atoms with van der Waals surface area (Å²) in [5, 5.41) is 0. The quantitative estimate of drug-likeness (QED) is 0.370. The lowest BCUT2D eigenvalue weighted by Gasteiger charge is -2.38. The Labute approximate surface area is 261 Å². The molecule has 5 heterocycles. The van der Waals surface area contributed by atoms with Crippen molar-refractivity contribution >= 4 is 22.9 Å². The Morgan fingerprint density at radius 1 is 0.956 bits per heavy atom. The average molecular weight is 626 g/mol. The van der Waals surface area contributed by atoms with Crippen LogP contribution in [0.2, 0.25) is 0 Å². The number of morpholine rings is 2. The summed E-state index contributed by atoms with van der Waals surface area (Å²) in [6.07, 6.45) is 2.49. The lowest BCUT2D eigenvalue weighted by atomic mass is 9.86. The van der Waals surface area contributed by atoms with Crippen LogP contribution in [0.5, 0.6) is 5.88 Å². The van der Waals surface area contributed by atoms with Crippen LogP contribution in [0.15, 0.2) is 30.3 Å². The highest BCUT2D eigenvalue weighted by atomic mass is 19.3. The molecule has 2 aromatic heterocycles. The van der Waals surface area contributed by atoms with Gasteiger partial charge in [0.25, 0.3) is 6.43 Å². The van der Waals surface area contributed by atoms with Crippen LogP contribution < -0.4 is 9.64 Å². The fourth-order valence-electron chi connectivity index (χ4n) is 7.05. The number of imidazole rings is 1. The van der Waals surface area contributed by atoms with Crippen molar-refractivity contribution in [3.8, 4) is 11.7 Å². The number of likely N-dealkylation sites (tertiary alicyclic amines) is 1. The Kier molecular flexibility index (Phi) is 9.08. The number of halogens is 2. The molecule has 1 atom stereocenters. The van der Waals surface area contributed by atoms with E-state index in [1.165, 1.54) is 17.4 Å². The maximum atomic E-state index is 14.2. The van der Waals surface area contributed by atoms with Crippen molar-refractivity contribution in [3.05, 3.63) is 36.2 Å². The van der Waals surface area contributed by atoms with Gasteiger partial charge in [0.15, 0.2) is 5.82 Å². The minimum atomic E-state index is -2.79. The number of hydrogen-bond donors (Lipinski definition) is 0. The predicted octanol–water partition coefficient (Wildman–Crippen LogP) is 3.85. The van der Waals surface area contributed by atoms with Gasteiger partial charge in [-0.15, -0.1) is 0 Å². The van der Waals surface area contributed by atoms with E-state index < -0.39 is 6.43 Å². The summed E-state index contributed by atoms with van der Waals surface area (Å²) >= 11 is 0. The molecule has 0 bridgehead atoms. The molecule has 1 amide bonds. The van der Waals surface area contributed by atoms with Gasteiger partial charge in [0.2, 0.25) is 17.7 Å². The van der Waals surface area contributed by atoms with Gasteiger partial charge < -0.3 is 28.9 Å². The number of carbonyl (C=O) groups is 1. The fourth-order valence-corrected chi connectivity index (χ4v) is 7.05. The van der Waals surface area contributed by atoms with Crippen LogP contribution in [0.4, 0.5) is 14.7 Å². The zero-order valence-electron chi connectivity index (χ0n) is 25.5. The molecule has 0 spiro atoms.